The Hall–Kier alpha value is -7.08. The summed E-state index contributed by atoms with van der Waals surface area (Å²) in [5.41, 5.74) is 56.0. The molecule has 432 valence electrons. The van der Waals surface area contributed by atoms with Gasteiger partial charge in [0.05, 0.1) is 78.9 Å². The van der Waals surface area contributed by atoms with Gasteiger partial charge in [-0.1, -0.05) is 0 Å². The lowest BCUT2D eigenvalue weighted by Gasteiger charge is -1.96. The summed E-state index contributed by atoms with van der Waals surface area (Å²) >= 11 is 0. The molecule has 0 radical (unpaired) electrons. The van der Waals surface area contributed by atoms with E-state index in [0.717, 1.165) is 0 Å². The Morgan fingerprint density at radius 2 is 0.278 bits per heavy atom. The van der Waals surface area contributed by atoms with Crippen molar-refractivity contribution in [1.82, 2.24) is 0 Å². The van der Waals surface area contributed by atoms with Crippen LogP contribution in [0.2, 0.25) is 0 Å². The number of carboxylic acids is 12. The van der Waals surface area contributed by atoms with Crippen LogP contribution in [0.3, 0.4) is 0 Å². The fourth-order valence-corrected chi connectivity index (χ4v) is 0.469. The number of aliphatic hydroxyl groups excluding tert-OH is 6. The molecule has 42 nitrogen and oxygen atoms in total. The first kappa shape index (κ1) is 94.7. The smallest absolute Gasteiger partial charge is 0.322 e. The zero-order chi connectivity index (χ0) is 60.9. The molecule has 0 spiro atoms. The second-order valence-electron chi connectivity index (χ2n) is 10.4. The molecule has 0 aromatic rings. The summed E-state index contributed by atoms with van der Waals surface area (Å²) in [6, 6.07) is -6.75. The van der Waals surface area contributed by atoms with Crippen molar-refractivity contribution < 1.29 is 149 Å². The standard InChI is InChI=1S/6C3H7NO3.6C2H5NO2/c6*4-2(1-5)3(6)7;6*3-1-2(4)5/h6*2,5H,1,4H2,(H,6,7);6*1,3H2,(H,4,5)/t6*2-;;;;;;/m000000....../s1. The Labute approximate surface area is 405 Å². The molecule has 42 N–H and O–H groups in total. The Kier molecular flexibility index (Phi) is 95.9. The molecule has 0 aromatic heterocycles. The first-order valence-corrected chi connectivity index (χ1v) is 17.8. The van der Waals surface area contributed by atoms with Crippen LogP contribution >= 0.6 is 0 Å². The summed E-state index contributed by atoms with van der Waals surface area (Å²) in [6.45, 7) is -4.69. The van der Waals surface area contributed by atoms with E-state index in [1.165, 1.54) is 0 Å². The van der Waals surface area contributed by atoms with E-state index in [2.05, 4.69) is 34.4 Å². The molecule has 42 heteroatoms. The number of carboxylic acid groups (broad SMARTS) is 12. The molecule has 0 unspecified atom stereocenters. The van der Waals surface area contributed by atoms with E-state index in [-0.39, 0.29) is 39.3 Å². The molecule has 0 amide bonds. The third-order valence-corrected chi connectivity index (χ3v) is 4.13. The number of carbonyl (C=O) groups is 12. The van der Waals surface area contributed by atoms with Gasteiger partial charge in [0.1, 0.15) is 36.3 Å². The van der Waals surface area contributed by atoms with Crippen LogP contribution in [-0.2, 0) is 57.5 Å². The summed E-state index contributed by atoms with van der Waals surface area (Å²) < 4.78 is 0. The van der Waals surface area contributed by atoms with Crippen LogP contribution in [0.15, 0.2) is 0 Å². The number of rotatable bonds is 18. The maximum Gasteiger partial charge on any atom is 0.322 e. The van der Waals surface area contributed by atoms with E-state index in [1.807, 2.05) is 0 Å². The van der Waals surface area contributed by atoms with Crippen LogP contribution < -0.4 is 68.8 Å². The van der Waals surface area contributed by atoms with Crippen molar-refractivity contribution in [2.45, 2.75) is 36.3 Å². The normalized spacial score (nSPS) is 10.9. The molecule has 0 aromatic carbocycles. The minimum Gasteiger partial charge on any atom is -0.480 e. The Balaban J connectivity index is -0.0000000547. The van der Waals surface area contributed by atoms with E-state index in [4.69, 9.17) is 126 Å². The molecule has 0 saturated heterocycles. The maximum absolute atomic E-state index is 9.65. The summed E-state index contributed by atoms with van der Waals surface area (Å²) in [4.78, 5) is 113. The molecule has 0 aliphatic carbocycles. The second kappa shape index (κ2) is 72.9. The van der Waals surface area contributed by atoms with Crippen LogP contribution in [0.1, 0.15) is 0 Å². The zero-order valence-corrected chi connectivity index (χ0v) is 37.8. The van der Waals surface area contributed by atoms with Crippen molar-refractivity contribution in [3.63, 3.8) is 0 Å². The number of aliphatic hydroxyl groups is 6. The fraction of sp³-hybridized carbons (Fsp3) is 0.600. The first-order valence-electron chi connectivity index (χ1n) is 17.8. The monoisotopic (exact) mass is 1080 g/mol. The molecular formula is C30H72N12O30. The van der Waals surface area contributed by atoms with Crippen molar-refractivity contribution in [2.24, 2.45) is 68.8 Å². The summed E-state index contributed by atoms with van der Waals surface area (Å²) in [7, 11) is 0. The highest BCUT2D eigenvalue weighted by Gasteiger charge is 2.10. The van der Waals surface area contributed by atoms with Gasteiger partial charge in [-0.2, -0.15) is 0 Å². The highest BCUT2D eigenvalue weighted by molar-refractivity contribution is 5.75. The van der Waals surface area contributed by atoms with Crippen molar-refractivity contribution in [2.75, 3.05) is 78.9 Å². The van der Waals surface area contributed by atoms with Crippen LogP contribution in [-0.4, -0.2) is 279 Å². The lowest BCUT2D eigenvalue weighted by atomic mass is 10.3. The average molecular weight is 1080 g/mol. The molecule has 0 heterocycles. The quantitative estimate of drug-likeness (QED) is 0.0606. The van der Waals surface area contributed by atoms with Crippen LogP contribution in [0, 0.1) is 0 Å². The summed E-state index contributed by atoms with van der Waals surface area (Å²) in [5.74, 6) is -12.9. The van der Waals surface area contributed by atoms with E-state index in [0.29, 0.717) is 0 Å². The van der Waals surface area contributed by atoms with E-state index in [1.54, 1.807) is 0 Å². The largest absolute Gasteiger partial charge is 0.480 e. The van der Waals surface area contributed by atoms with E-state index in [9.17, 15) is 57.5 Å². The SMILES string of the molecule is NCC(=O)O.NCC(=O)O.NCC(=O)O.NCC(=O)O.NCC(=O)O.NCC(=O)O.N[C@@H](CO)C(=O)O.N[C@@H](CO)C(=O)O.N[C@@H](CO)C(=O)O.N[C@@H](CO)C(=O)O.N[C@@H](CO)C(=O)O.N[C@@H](CO)C(=O)O. The lowest BCUT2D eigenvalue weighted by Crippen LogP contribution is -2.33. The first-order chi connectivity index (χ1) is 32.7. The van der Waals surface area contributed by atoms with Crippen LogP contribution in [0.5, 0.6) is 0 Å². The van der Waals surface area contributed by atoms with Crippen molar-refractivity contribution in [3.05, 3.63) is 0 Å². The van der Waals surface area contributed by atoms with Gasteiger partial charge in [0, 0.05) is 0 Å². The van der Waals surface area contributed by atoms with Gasteiger partial charge in [-0.05, 0) is 0 Å². The average Bonchev–Trinajstić information content (AvgIpc) is 3.33. The molecule has 0 rings (SSSR count). The van der Waals surface area contributed by atoms with Gasteiger partial charge in [-0.15, -0.1) is 0 Å². The molecular weight excluding hydrogens is 1010 g/mol. The summed E-state index contributed by atoms with van der Waals surface area (Å²) in [6.07, 6.45) is 0. The van der Waals surface area contributed by atoms with Gasteiger partial charge in [0.25, 0.3) is 0 Å². The van der Waals surface area contributed by atoms with Gasteiger partial charge in [-0.3, -0.25) is 57.5 Å². The molecule has 0 saturated carbocycles. The third-order valence-electron chi connectivity index (χ3n) is 4.13. The Morgan fingerprint density at radius 3 is 0.278 bits per heavy atom. The fourth-order valence-electron chi connectivity index (χ4n) is 0.469. The van der Waals surface area contributed by atoms with Gasteiger partial charge in [0.2, 0.25) is 0 Å². The zero-order valence-electron chi connectivity index (χ0n) is 37.8. The topological polar surface area (TPSA) is 881 Å². The number of hydrogen-bond acceptors (Lipinski definition) is 30. The maximum atomic E-state index is 9.65. The minimum atomic E-state index is -1.18. The Bertz CT molecular complexity index is 1160. The molecule has 0 bridgehead atoms. The second-order valence-corrected chi connectivity index (χ2v) is 10.4. The van der Waals surface area contributed by atoms with Gasteiger partial charge in [-0.25, -0.2) is 0 Å². The van der Waals surface area contributed by atoms with Gasteiger partial charge >= 0.3 is 71.6 Å². The molecule has 0 aliphatic rings. The van der Waals surface area contributed by atoms with E-state index < -0.39 is 148 Å². The number of hydrogen-bond donors (Lipinski definition) is 30. The van der Waals surface area contributed by atoms with Crippen molar-refractivity contribution >= 4 is 71.6 Å². The molecule has 0 fully saturated rings. The van der Waals surface area contributed by atoms with Crippen molar-refractivity contribution in [3.8, 4) is 0 Å². The van der Waals surface area contributed by atoms with E-state index >= 15 is 0 Å². The highest BCUT2D eigenvalue weighted by Crippen LogP contribution is 1.74. The highest BCUT2D eigenvalue weighted by atomic mass is 16.4. The van der Waals surface area contributed by atoms with Gasteiger partial charge in [0.15, 0.2) is 0 Å². The molecule has 72 heavy (non-hydrogen) atoms. The minimum absolute atomic E-state index is 0.278. The predicted octanol–water partition coefficient (Wildman–Crippen LogP) is -15.5. The Morgan fingerprint density at radius 1 is 0.222 bits per heavy atom. The molecule has 6 atom stereocenters. The van der Waals surface area contributed by atoms with Crippen LogP contribution in [0.25, 0.3) is 0 Å². The van der Waals surface area contributed by atoms with Crippen molar-refractivity contribution in [1.29, 1.82) is 0 Å². The lowest BCUT2D eigenvalue weighted by molar-refractivity contribution is -0.140. The third kappa shape index (κ3) is 144. The number of nitrogens with two attached hydrogens (primary N) is 12. The number of aliphatic carboxylic acids is 12. The van der Waals surface area contributed by atoms with Gasteiger partial charge < -0.3 is 161 Å². The molecule has 0 aliphatic heterocycles. The predicted molar refractivity (Wildman–Crippen MR) is 236 cm³/mol. The summed E-state index contributed by atoms with van der Waals surface area (Å²) in [5, 5.41) is 141. The van der Waals surface area contributed by atoms with Crippen LogP contribution in [0.4, 0.5) is 0 Å².